The topological polar surface area (TPSA) is 130 Å². The van der Waals surface area contributed by atoms with E-state index in [0.29, 0.717) is 0 Å². The zero-order valence-corrected chi connectivity index (χ0v) is 13.0. The smallest absolute Gasteiger partial charge is 0.390 e. The van der Waals surface area contributed by atoms with Gasteiger partial charge in [0.15, 0.2) is 0 Å². The summed E-state index contributed by atoms with van der Waals surface area (Å²) in [5.41, 5.74) is 0.0455. The number of hydrogen-bond donors (Lipinski definition) is 3. The Hall–Kier alpha value is -3.55. The molecule has 0 saturated heterocycles. The molecule has 0 saturated carbocycles. The first kappa shape index (κ1) is 17.8. The van der Waals surface area contributed by atoms with Gasteiger partial charge in [-0.3, -0.25) is 0 Å². The van der Waals surface area contributed by atoms with Crippen molar-refractivity contribution < 1.29 is 39.2 Å². The molecule has 2 rings (SSSR count). The number of carbonyl (C=O) groups is 3. The van der Waals surface area contributed by atoms with Crippen molar-refractivity contribution in [1.82, 2.24) is 0 Å². The summed E-state index contributed by atoms with van der Waals surface area (Å²) >= 11 is 0. The van der Waals surface area contributed by atoms with Crippen LogP contribution in [0.1, 0.15) is 27.6 Å². The number of rotatable bonds is 7. The van der Waals surface area contributed by atoms with E-state index in [9.17, 15) is 19.5 Å². The highest BCUT2D eigenvalue weighted by molar-refractivity contribution is 5.88. The summed E-state index contributed by atoms with van der Waals surface area (Å²) in [6, 6.07) is 10.3. The molecule has 0 aliphatic heterocycles. The first-order valence-electron chi connectivity index (χ1n) is 6.99. The number of aliphatic carboxylic acids is 1. The van der Waals surface area contributed by atoms with Gasteiger partial charge in [0.1, 0.15) is 11.5 Å². The lowest BCUT2D eigenvalue weighted by atomic mass is 10.2. The van der Waals surface area contributed by atoms with Gasteiger partial charge in [0, 0.05) is 6.92 Å². The van der Waals surface area contributed by atoms with Gasteiger partial charge in [0.05, 0.1) is 11.1 Å². The van der Waals surface area contributed by atoms with Gasteiger partial charge in [-0.05, 0) is 48.5 Å². The van der Waals surface area contributed by atoms with Crippen molar-refractivity contribution in [2.24, 2.45) is 0 Å². The lowest BCUT2D eigenvalue weighted by Crippen LogP contribution is -2.47. The molecule has 3 N–H and O–H groups in total. The zero-order chi connectivity index (χ0) is 18.6. The van der Waals surface area contributed by atoms with E-state index in [0.717, 1.165) is 0 Å². The standard InChI is InChI=1S/C17H14O8/c1-17(16(22)23,24-12-6-2-10(3-7-12)14(18)19)25-13-8-4-11(5-9-13)15(20)21/h2-9H,1H3,(H,18,19)(H,20,21)(H,22,23). The van der Waals surface area contributed by atoms with Crippen LogP contribution in [-0.2, 0) is 4.79 Å². The van der Waals surface area contributed by atoms with Crippen molar-refractivity contribution in [3.05, 3.63) is 59.7 Å². The van der Waals surface area contributed by atoms with E-state index in [1.807, 2.05) is 0 Å². The van der Waals surface area contributed by atoms with Gasteiger partial charge in [0.25, 0.3) is 0 Å². The summed E-state index contributed by atoms with van der Waals surface area (Å²) in [5.74, 6) is -5.58. The molecule has 0 unspecified atom stereocenters. The molecule has 0 heterocycles. The molecule has 0 fully saturated rings. The molecule has 0 amide bonds. The number of carboxylic acid groups (broad SMARTS) is 3. The summed E-state index contributed by atoms with van der Waals surface area (Å²) in [5, 5.41) is 27.1. The molecule has 25 heavy (non-hydrogen) atoms. The van der Waals surface area contributed by atoms with Gasteiger partial charge >= 0.3 is 23.7 Å². The molecule has 0 radical (unpaired) electrons. The fraction of sp³-hybridized carbons (Fsp3) is 0.118. The third kappa shape index (κ3) is 4.25. The maximum Gasteiger partial charge on any atom is 0.390 e. The molecule has 0 aromatic heterocycles. The van der Waals surface area contributed by atoms with Crippen molar-refractivity contribution in [3.8, 4) is 11.5 Å². The number of ether oxygens (including phenoxy) is 2. The van der Waals surface area contributed by atoms with E-state index < -0.39 is 23.7 Å². The van der Waals surface area contributed by atoms with Crippen LogP contribution in [0.2, 0.25) is 0 Å². The van der Waals surface area contributed by atoms with E-state index >= 15 is 0 Å². The fourth-order valence-corrected chi connectivity index (χ4v) is 1.89. The van der Waals surface area contributed by atoms with Crippen LogP contribution in [0.3, 0.4) is 0 Å². The molecular weight excluding hydrogens is 332 g/mol. The van der Waals surface area contributed by atoms with Crippen LogP contribution in [0.15, 0.2) is 48.5 Å². The second kappa shape index (κ2) is 6.91. The molecular formula is C17H14O8. The van der Waals surface area contributed by atoms with E-state index in [4.69, 9.17) is 19.7 Å². The monoisotopic (exact) mass is 346 g/mol. The van der Waals surface area contributed by atoms with Crippen LogP contribution >= 0.6 is 0 Å². The first-order chi connectivity index (χ1) is 11.7. The second-order valence-corrected chi connectivity index (χ2v) is 5.11. The SMILES string of the molecule is CC(Oc1ccc(C(=O)O)cc1)(Oc1ccc(C(=O)O)cc1)C(=O)O. The van der Waals surface area contributed by atoms with Gasteiger partial charge in [-0.1, -0.05) is 0 Å². The molecule has 2 aromatic carbocycles. The Labute approximate surface area is 141 Å². The van der Waals surface area contributed by atoms with Gasteiger partial charge in [-0.2, -0.15) is 0 Å². The molecule has 2 aromatic rings. The largest absolute Gasteiger partial charge is 0.478 e. The highest BCUT2D eigenvalue weighted by Gasteiger charge is 2.39. The Morgan fingerprint density at radius 2 is 1.04 bits per heavy atom. The first-order valence-corrected chi connectivity index (χ1v) is 6.99. The molecule has 130 valence electrons. The third-order valence-corrected chi connectivity index (χ3v) is 3.22. The van der Waals surface area contributed by atoms with Crippen LogP contribution in [0.25, 0.3) is 0 Å². The quantitative estimate of drug-likeness (QED) is 0.651. The molecule has 8 nitrogen and oxygen atoms in total. The summed E-state index contributed by atoms with van der Waals surface area (Å²) < 4.78 is 10.7. The highest BCUT2D eigenvalue weighted by Crippen LogP contribution is 2.24. The van der Waals surface area contributed by atoms with Crippen molar-refractivity contribution in [1.29, 1.82) is 0 Å². The van der Waals surface area contributed by atoms with Gasteiger partial charge in [-0.25, -0.2) is 14.4 Å². The zero-order valence-electron chi connectivity index (χ0n) is 13.0. The summed E-state index contributed by atoms with van der Waals surface area (Å²) in [6.45, 7) is 1.17. The number of aromatic carboxylic acids is 2. The Bertz CT molecular complexity index is 733. The van der Waals surface area contributed by atoms with Crippen molar-refractivity contribution in [2.75, 3.05) is 0 Å². The second-order valence-electron chi connectivity index (χ2n) is 5.11. The molecule has 0 aliphatic carbocycles. The van der Waals surface area contributed by atoms with Crippen molar-refractivity contribution in [3.63, 3.8) is 0 Å². The Kier molecular flexibility index (Phi) is 4.92. The van der Waals surface area contributed by atoms with E-state index in [-0.39, 0.29) is 22.6 Å². The van der Waals surface area contributed by atoms with E-state index in [2.05, 4.69) is 0 Å². The summed E-state index contributed by atoms with van der Waals surface area (Å²) in [4.78, 5) is 33.2. The molecule has 8 heteroatoms. The van der Waals surface area contributed by atoms with Crippen LogP contribution in [0, 0.1) is 0 Å². The van der Waals surface area contributed by atoms with Crippen molar-refractivity contribution >= 4 is 17.9 Å². The van der Waals surface area contributed by atoms with E-state index in [1.165, 1.54) is 55.5 Å². The Balaban J connectivity index is 2.21. The van der Waals surface area contributed by atoms with Crippen LogP contribution in [0.5, 0.6) is 11.5 Å². The van der Waals surface area contributed by atoms with Crippen LogP contribution in [-0.4, -0.2) is 39.0 Å². The van der Waals surface area contributed by atoms with Crippen molar-refractivity contribution in [2.45, 2.75) is 12.7 Å². The molecule has 0 spiro atoms. The fourth-order valence-electron chi connectivity index (χ4n) is 1.89. The summed E-state index contributed by atoms with van der Waals surface area (Å²) in [6.07, 6.45) is 0. The van der Waals surface area contributed by atoms with Crippen LogP contribution in [0.4, 0.5) is 0 Å². The number of benzene rings is 2. The minimum Gasteiger partial charge on any atom is -0.478 e. The molecule has 0 atom stereocenters. The van der Waals surface area contributed by atoms with Crippen LogP contribution < -0.4 is 9.47 Å². The summed E-state index contributed by atoms with van der Waals surface area (Å²) in [7, 11) is 0. The maximum absolute atomic E-state index is 11.5. The normalized spacial score (nSPS) is 10.8. The van der Waals surface area contributed by atoms with Gasteiger partial charge in [0.2, 0.25) is 0 Å². The number of hydrogen-bond acceptors (Lipinski definition) is 5. The lowest BCUT2D eigenvalue weighted by molar-refractivity contribution is -0.181. The lowest BCUT2D eigenvalue weighted by Gasteiger charge is -2.27. The van der Waals surface area contributed by atoms with E-state index in [1.54, 1.807) is 0 Å². The third-order valence-electron chi connectivity index (χ3n) is 3.22. The average molecular weight is 346 g/mol. The average Bonchev–Trinajstić information content (AvgIpc) is 2.55. The highest BCUT2D eigenvalue weighted by atomic mass is 16.7. The van der Waals surface area contributed by atoms with Gasteiger partial charge in [-0.15, -0.1) is 0 Å². The number of carboxylic acids is 3. The molecule has 0 bridgehead atoms. The predicted molar refractivity (Wildman–Crippen MR) is 84.1 cm³/mol. The maximum atomic E-state index is 11.5. The Morgan fingerprint density at radius 3 is 1.28 bits per heavy atom. The Morgan fingerprint density at radius 1 is 0.720 bits per heavy atom. The minimum atomic E-state index is -2.10. The minimum absolute atomic E-state index is 0.0227. The van der Waals surface area contributed by atoms with Gasteiger partial charge < -0.3 is 24.8 Å². The predicted octanol–water partition coefficient (Wildman–Crippen LogP) is 2.34. The molecule has 0 aliphatic rings.